The number of ether oxygens (including phenoxy) is 2. The van der Waals surface area contributed by atoms with E-state index in [-0.39, 0.29) is 35.7 Å². The summed E-state index contributed by atoms with van der Waals surface area (Å²) in [5, 5.41) is 0. The van der Waals surface area contributed by atoms with Gasteiger partial charge >= 0.3 is 5.97 Å². The molecular formula is C15H25NO4. The molecule has 1 saturated heterocycles. The second-order valence-corrected chi connectivity index (χ2v) is 6.49. The van der Waals surface area contributed by atoms with Gasteiger partial charge in [0.15, 0.2) is 0 Å². The van der Waals surface area contributed by atoms with Gasteiger partial charge in [0, 0.05) is 25.6 Å². The quantitative estimate of drug-likeness (QED) is 0.695. The summed E-state index contributed by atoms with van der Waals surface area (Å²) in [6.45, 7) is 6.03. The molecule has 0 bridgehead atoms. The lowest BCUT2D eigenvalue weighted by Crippen LogP contribution is -2.40. The highest BCUT2D eigenvalue weighted by Crippen LogP contribution is 2.52. The molecule has 2 fully saturated rings. The second kappa shape index (κ2) is 6.12. The normalized spacial score (nSPS) is 27.1. The van der Waals surface area contributed by atoms with E-state index in [2.05, 4.69) is 18.6 Å². The van der Waals surface area contributed by atoms with Crippen molar-refractivity contribution in [1.82, 2.24) is 4.90 Å². The van der Waals surface area contributed by atoms with E-state index in [1.54, 1.807) is 4.90 Å². The van der Waals surface area contributed by atoms with Crippen molar-refractivity contribution in [2.75, 3.05) is 26.8 Å². The standard InChI is InChI=1S/C15H25NO4/c1-15(2)9-12(15)14(18)16(7-6-13(17)19-3)10-11-5-4-8-20-11/h11-12H,4-10H2,1-3H3. The lowest BCUT2D eigenvalue weighted by Gasteiger charge is -2.26. The maximum atomic E-state index is 12.5. The van der Waals surface area contributed by atoms with E-state index in [0.29, 0.717) is 13.1 Å². The Hall–Kier alpha value is -1.10. The van der Waals surface area contributed by atoms with Crippen LogP contribution in [0.2, 0.25) is 0 Å². The van der Waals surface area contributed by atoms with Crippen molar-refractivity contribution in [2.45, 2.75) is 45.6 Å². The Morgan fingerprint density at radius 1 is 1.40 bits per heavy atom. The summed E-state index contributed by atoms with van der Waals surface area (Å²) in [7, 11) is 1.37. The first kappa shape index (κ1) is 15.3. The molecule has 1 aliphatic heterocycles. The van der Waals surface area contributed by atoms with Crippen LogP contribution in [0.4, 0.5) is 0 Å². The molecule has 5 nitrogen and oxygen atoms in total. The van der Waals surface area contributed by atoms with E-state index in [0.717, 1.165) is 25.9 Å². The molecule has 0 radical (unpaired) electrons. The van der Waals surface area contributed by atoms with Crippen LogP contribution in [0.25, 0.3) is 0 Å². The molecule has 114 valence electrons. The highest BCUT2D eigenvalue weighted by molar-refractivity contribution is 5.83. The van der Waals surface area contributed by atoms with Crippen LogP contribution in [0, 0.1) is 11.3 Å². The summed E-state index contributed by atoms with van der Waals surface area (Å²) in [5.74, 6) is -0.0128. The Balaban J connectivity index is 1.91. The summed E-state index contributed by atoms with van der Waals surface area (Å²) in [6, 6.07) is 0. The van der Waals surface area contributed by atoms with Gasteiger partial charge in [0.1, 0.15) is 0 Å². The minimum absolute atomic E-state index is 0.0987. The molecule has 20 heavy (non-hydrogen) atoms. The molecule has 1 amide bonds. The van der Waals surface area contributed by atoms with E-state index >= 15 is 0 Å². The summed E-state index contributed by atoms with van der Waals surface area (Å²) < 4.78 is 10.3. The third-order valence-electron chi connectivity index (χ3n) is 4.38. The smallest absolute Gasteiger partial charge is 0.307 e. The monoisotopic (exact) mass is 283 g/mol. The molecule has 2 rings (SSSR count). The molecule has 0 aromatic rings. The van der Waals surface area contributed by atoms with Crippen LogP contribution in [0.1, 0.15) is 39.5 Å². The fourth-order valence-corrected chi connectivity index (χ4v) is 2.76. The highest BCUT2D eigenvalue weighted by Gasteiger charge is 2.52. The lowest BCUT2D eigenvalue weighted by atomic mass is 10.1. The summed E-state index contributed by atoms with van der Waals surface area (Å²) in [4.78, 5) is 25.6. The SMILES string of the molecule is COC(=O)CCN(CC1CCCO1)C(=O)C1CC1(C)C. The first-order valence-corrected chi connectivity index (χ1v) is 7.41. The zero-order chi connectivity index (χ0) is 14.8. The number of amides is 1. The molecule has 1 heterocycles. The molecule has 5 heteroatoms. The van der Waals surface area contributed by atoms with Gasteiger partial charge in [-0.05, 0) is 24.7 Å². The van der Waals surface area contributed by atoms with Crippen molar-refractivity contribution in [1.29, 1.82) is 0 Å². The van der Waals surface area contributed by atoms with E-state index in [1.165, 1.54) is 7.11 Å². The first-order valence-electron chi connectivity index (χ1n) is 7.41. The average Bonchev–Trinajstić information content (AvgIpc) is 2.82. The summed E-state index contributed by atoms with van der Waals surface area (Å²) >= 11 is 0. The van der Waals surface area contributed by atoms with Crippen molar-refractivity contribution in [2.24, 2.45) is 11.3 Å². The molecule has 0 aromatic heterocycles. The number of methoxy groups -OCH3 is 1. The number of rotatable bonds is 6. The predicted molar refractivity (Wildman–Crippen MR) is 74.1 cm³/mol. The Labute approximate surface area is 120 Å². The van der Waals surface area contributed by atoms with Crippen molar-refractivity contribution in [3.05, 3.63) is 0 Å². The fraction of sp³-hybridized carbons (Fsp3) is 0.867. The topological polar surface area (TPSA) is 55.8 Å². The van der Waals surface area contributed by atoms with Crippen LogP contribution in [0.5, 0.6) is 0 Å². The minimum Gasteiger partial charge on any atom is -0.469 e. The molecule has 2 atom stereocenters. The number of hydrogen-bond donors (Lipinski definition) is 0. The molecule has 0 spiro atoms. The van der Waals surface area contributed by atoms with E-state index in [1.807, 2.05) is 0 Å². The van der Waals surface area contributed by atoms with Gasteiger partial charge in [-0.15, -0.1) is 0 Å². The van der Waals surface area contributed by atoms with E-state index in [9.17, 15) is 9.59 Å². The lowest BCUT2D eigenvalue weighted by molar-refractivity contribution is -0.142. The summed E-state index contributed by atoms with van der Waals surface area (Å²) in [5.41, 5.74) is 0.108. The minimum atomic E-state index is -0.273. The number of nitrogens with zero attached hydrogens (tertiary/aromatic N) is 1. The molecule has 2 aliphatic rings. The second-order valence-electron chi connectivity index (χ2n) is 6.49. The van der Waals surface area contributed by atoms with Gasteiger partial charge in [0.2, 0.25) is 5.91 Å². The zero-order valence-electron chi connectivity index (χ0n) is 12.7. The number of hydrogen-bond acceptors (Lipinski definition) is 4. The molecule has 0 N–H and O–H groups in total. The maximum absolute atomic E-state index is 12.5. The molecule has 0 aromatic carbocycles. The van der Waals surface area contributed by atoms with E-state index < -0.39 is 0 Å². The predicted octanol–water partition coefficient (Wildman–Crippen LogP) is 1.60. The van der Waals surface area contributed by atoms with Crippen molar-refractivity contribution in [3.8, 4) is 0 Å². The Morgan fingerprint density at radius 3 is 2.60 bits per heavy atom. The molecule has 2 unspecified atom stereocenters. The highest BCUT2D eigenvalue weighted by atomic mass is 16.5. The largest absolute Gasteiger partial charge is 0.469 e. The van der Waals surface area contributed by atoms with Gasteiger partial charge in [0.25, 0.3) is 0 Å². The Morgan fingerprint density at radius 2 is 2.10 bits per heavy atom. The zero-order valence-corrected chi connectivity index (χ0v) is 12.7. The van der Waals surface area contributed by atoms with Crippen LogP contribution >= 0.6 is 0 Å². The van der Waals surface area contributed by atoms with Gasteiger partial charge in [-0.2, -0.15) is 0 Å². The van der Waals surface area contributed by atoms with Gasteiger partial charge in [-0.1, -0.05) is 13.8 Å². The first-order chi connectivity index (χ1) is 9.44. The van der Waals surface area contributed by atoms with Gasteiger partial charge in [-0.25, -0.2) is 0 Å². The van der Waals surface area contributed by atoms with Crippen LogP contribution in [0.15, 0.2) is 0 Å². The number of esters is 1. The van der Waals surface area contributed by atoms with Crippen molar-refractivity contribution in [3.63, 3.8) is 0 Å². The van der Waals surface area contributed by atoms with Crippen LogP contribution in [0.3, 0.4) is 0 Å². The van der Waals surface area contributed by atoms with Gasteiger partial charge in [-0.3, -0.25) is 9.59 Å². The summed E-state index contributed by atoms with van der Waals surface area (Å²) in [6.07, 6.45) is 3.36. The van der Waals surface area contributed by atoms with Gasteiger partial charge in [0.05, 0.1) is 19.6 Å². The van der Waals surface area contributed by atoms with Crippen molar-refractivity contribution < 1.29 is 19.1 Å². The van der Waals surface area contributed by atoms with Crippen molar-refractivity contribution >= 4 is 11.9 Å². The van der Waals surface area contributed by atoms with Crippen LogP contribution in [-0.2, 0) is 19.1 Å². The third-order valence-corrected chi connectivity index (χ3v) is 4.38. The molecule has 1 saturated carbocycles. The number of carbonyl (C=O) groups excluding carboxylic acids is 2. The van der Waals surface area contributed by atoms with E-state index in [4.69, 9.17) is 4.74 Å². The van der Waals surface area contributed by atoms with Crippen LogP contribution in [-0.4, -0.2) is 49.7 Å². The van der Waals surface area contributed by atoms with Crippen LogP contribution < -0.4 is 0 Å². The van der Waals surface area contributed by atoms with Gasteiger partial charge < -0.3 is 14.4 Å². The third kappa shape index (κ3) is 3.72. The maximum Gasteiger partial charge on any atom is 0.307 e. The Kier molecular flexibility index (Phi) is 4.68. The Bertz CT molecular complexity index is 374. The molecular weight excluding hydrogens is 258 g/mol. The fourth-order valence-electron chi connectivity index (χ4n) is 2.76. The molecule has 1 aliphatic carbocycles. The average molecular weight is 283 g/mol. The number of carbonyl (C=O) groups is 2.